The normalized spacial score (nSPS) is 13.6. The fraction of sp³-hybridized carbons (Fsp3) is 0.237. The Morgan fingerprint density at radius 1 is 0.700 bits per heavy atom. The van der Waals surface area contributed by atoms with Crippen molar-refractivity contribution >= 4 is 20.1 Å². The molecule has 5 aromatic rings. The first-order chi connectivity index (χ1) is 23.8. The van der Waals surface area contributed by atoms with Gasteiger partial charge in [-0.2, -0.15) is 17.7 Å². The van der Waals surface area contributed by atoms with E-state index in [0.29, 0.717) is 17.9 Å². The lowest BCUT2D eigenvalue weighted by molar-refractivity contribution is -0.676. The van der Waals surface area contributed by atoms with Gasteiger partial charge in [-0.3, -0.25) is 0 Å². The van der Waals surface area contributed by atoms with Gasteiger partial charge in [-0.05, 0) is 73.6 Å². The van der Waals surface area contributed by atoms with Crippen LogP contribution in [0.1, 0.15) is 34.2 Å². The molecule has 1 aromatic heterocycles. The Bertz CT molecular complexity index is 2180. The number of nitrogens with zero attached hydrogens (tertiary/aromatic N) is 1. The van der Waals surface area contributed by atoms with Crippen molar-refractivity contribution < 1.29 is 39.1 Å². The van der Waals surface area contributed by atoms with Crippen molar-refractivity contribution in [2.75, 3.05) is 6.54 Å². The quantitative estimate of drug-likeness (QED) is 0.0853. The summed E-state index contributed by atoms with van der Waals surface area (Å²) in [5, 5.41) is 0. The minimum atomic E-state index is -6.09. The molecule has 0 radical (unpaired) electrons. The van der Waals surface area contributed by atoms with Crippen molar-refractivity contribution in [3.63, 3.8) is 0 Å². The number of nitrogens with one attached hydrogen (secondary N) is 1. The molecule has 0 unspecified atom stereocenters. The fourth-order valence-electron chi connectivity index (χ4n) is 6.84. The zero-order chi connectivity index (χ0) is 35.7. The summed E-state index contributed by atoms with van der Waals surface area (Å²) >= 11 is 0. The molecule has 12 heteroatoms. The molecule has 0 fully saturated rings. The fourth-order valence-corrected chi connectivity index (χ4v) is 7.91. The van der Waals surface area contributed by atoms with Gasteiger partial charge in [-0.25, -0.2) is 21.6 Å². The Labute approximate surface area is 290 Å². The first-order valence-electron chi connectivity index (χ1n) is 16.2. The van der Waals surface area contributed by atoms with Gasteiger partial charge in [-0.1, -0.05) is 84.4 Å². The minimum absolute atomic E-state index is 0.311. The standard InChI is InChI=1S/C37H35N2O2S.CHF3O3S/c1-26-16-20-30(21-17-26)42(40,41)38-24-9-25-39-36-31-14-7-5-10-27(31)18-22-33(36)35(29-12-3-2-4-13-29)34-23-19-28-11-6-8-15-32(28)37(34)39;2-1(3,4)8(5,6)7/h2-8,10-17,20-21,38H,9,18-19,22-25H2,1H3;(H,5,6,7)/q+1;/p-1. The van der Waals surface area contributed by atoms with E-state index < -0.39 is 25.6 Å². The lowest BCUT2D eigenvalue weighted by Gasteiger charge is -2.28. The van der Waals surface area contributed by atoms with E-state index in [0.717, 1.165) is 37.8 Å². The van der Waals surface area contributed by atoms with Gasteiger partial charge in [0.2, 0.25) is 21.4 Å². The smallest absolute Gasteiger partial charge is 0.485 e. The Morgan fingerprint density at radius 3 is 1.68 bits per heavy atom. The lowest BCUT2D eigenvalue weighted by atomic mass is 9.77. The number of benzene rings is 4. The first kappa shape index (κ1) is 35.5. The molecule has 0 spiro atoms. The van der Waals surface area contributed by atoms with E-state index >= 15 is 0 Å². The Morgan fingerprint density at radius 2 is 1.18 bits per heavy atom. The second-order valence-corrected chi connectivity index (χ2v) is 15.5. The summed E-state index contributed by atoms with van der Waals surface area (Å²) in [6, 6.07) is 35.5. The summed E-state index contributed by atoms with van der Waals surface area (Å²) in [6.07, 6.45) is 4.71. The average Bonchev–Trinajstić information content (AvgIpc) is 3.09. The van der Waals surface area contributed by atoms with Crippen molar-refractivity contribution in [2.45, 2.75) is 56.0 Å². The molecule has 0 aliphatic heterocycles. The number of pyridine rings is 1. The van der Waals surface area contributed by atoms with Crippen LogP contribution in [-0.4, -0.2) is 33.4 Å². The van der Waals surface area contributed by atoms with Gasteiger partial charge < -0.3 is 4.55 Å². The Kier molecular flexibility index (Phi) is 10.0. The predicted molar refractivity (Wildman–Crippen MR) is 184 cm³/mol. The summed E-state index contributed by atoms with van der Waals surface area (Å²) in [4.78, 5) is 0.311. The average molecular weight is 721 g/mol. The zero-order valence-corrected chi connectivity index (χ0v) is 28.8. The molecule has 0 atom stereocenters. The van der Waals surface area contributed by atoms with Crippen LogP contribution in [0.2, 0.25) is 0 Å². The van der Waals surface area contributed by atoms with E-state index in [-0.39, 0.29) is 0 Å². The number of fused-ring (bicyclic) bond motifs is 6. The van der Waals surface area contributed by atoms with Gasteiger partial charge in [0.15, 0.2) is 16.7 Å². The number of hydrogen-bond donors (Lipinski definition) is 1. The maximum absolute atomic E-state index is 13.0. The predicted octanol–water partition coefficient (Wildman–Crippen LogP) is 6.90. The van der Waals surface area contributed by atoms with Gasteiger partial charge >= 0.3 is 5.51 Å². The molecule has 260 valence electrons. The van der Waals surface area contributed by atoms with Crippen LogP contribution in [0.3, 0.4) is 0 Å². The molecule has 2 aliphatic carbocycles. The number of hydrogen-bond acceptors (Lipinski definition) is 5. The van der Waals surface area contributed by atoms with Gasteiger partial charge in [0.1, 0.15) is 0 Å². The number of sulfonamides is 1. The zero-order valence-electron chi connectivity index (χ0n) is 27.2. The van der Waals surface area contributed by atoms with Gasteiger partial charge in [0, 0.05) is 40.8 Å². The van der Waals surface area contributed by atoms with Crippen molar-refractivity contribution in [3.05, 3.63) is 131 Å². The topological polar surface area (TPSA) is 107 Å². The first-order valence-corrected chi connectivity index (χ1v) is 19.1. The van der Waals surface area contributed by atoms with E-state index in [4.69, 9.17) is 13.0 Å². The molecular weight excluding hydrogens is 686 g/mol. The van der Waals surface area contributed by atoms with Gasteiger partial charge in [0.05, 0.1) is 4.90 Å². The number of aromatic nitrogens is 1. The van der Waals surface area contributed by atoms with Crippen LogP contribution >= 0.6 is 0 Å². The lowest BCUT2D eigenvalue weighted by Crippen LogP contribution is -2.44. The molecule has 1 heterocycles. The summed E-state index contributed by atoms with van der Waals surface area (Å²) in [6.45, 7) is 3.05. The summed E-state index contributed by atoms with van der Waals surface area (Å²) in [5.41, 5.74) is 8.80. The Balaban J connectivity index is 0.000000485. The van der Waals surface area contributed by atoms with Crippen LogP contribution < -0.4 is 9.29 Å². The molecular formula is C38H35F3N2O5S2. The number of halogens is 3. The minimum Gasteiger partial charge on any atom is -0.741 e. The summed E-state index contributed by atoms with van der Waals surface area (Å²) in [5.74, 6) is 0. The van der Waals surface area contributed by atoms with Gasteiger partial charge in [0.25, 0.3) is 0 Å². The molecule has 1 N–H and O–H groups in total. The third-order valence-corrected chi connectivity index (χ3v) is 11.1. The molecule has 0 amide bonds. The van der Waals surface area contributed by atoms with E-state index in [1.165, 1.54) is 55.9 Å². The van der Waals surface area contributed by atoms with Crippen molar-refractivity contribution in [3.8, 4) is 33.6 Å². The molecule has 7 nitrogen and oxygen atoms in total. The van der Waals surface area contributed by atoms with Crippen molar-refractivity contribution in [2.24, 2.45) is 0 Å². The third-order valence-electron chi connectivity index (χ3n) is 9.08. The van der Waals surface area contributed by atoms with Crippen LogP contribution in [0.4, 0.5) is 13.2 Å². The largest absolute Gasteiger partial charge is 0.741 e. The molecule has 4 aromatic carbocycles. The highest BCUT2D eigenvalue weighted by Gasteiger charge is 2.38. The van der Waals surface area contributed by atoms with Crippen LogP contribution in [0, 0.1) is 6.92 Å². The monoisotopic (exact) mass is 720 g/mol. The number of rotatable bonds is 7. The van der Waals surface area contributed by atoms with Crippen LogP contribution in [0.5, 0.6) is 0 Å². The van der Waals surface area contributed by atoms with E-state index in [1.807, 2.05) is 19.1 Å². The van der Waals surface area contributed by atoms with E-state index in [2.05, 4.69) is 88.2 Å². The van der Waals surface area contributed by atoms with Crippen LogP contribution in [0.25, 0.3) is 33.6 Å². The summed E-state index contributed by atoms with van der Waals surface area (Å²) < 4.78 is 90.3. The maximum atomic E-state index is 13.0. The third kappa shape index (κ3) is 7.25. The highest BCUT2D eigenvalue weighted by molar-refractivity contribution is 7.89. The maximum Gasteiger partial charge on any atom is 0.485 e. The number of alkyl halides is 3. The molecule has 2 aliphatic rings. The molecule has 0 saturated heterocycles. The highest BCUT2D eigenvalue weighted by Crippen LogP contribution is 2.44. The van der Waals surface area contributed by atoms with Gasteiger partial charge in [-0.15, -0.1) is 0 Å². The number of aryl methyl sites for hydroxylation is 3. The second kappa shape index (κ2) is 14.1. The van der Waals surface area contributed by atoms with Crippen LogP contribution in [0.15, 0.2) is 108 Å². The van der Waals surface area contributed by atoms with E-state index in [1.54, 1.807) is 12.1 Å². The molecule has 0 saturated carbocycles. The van der Waals surface area contributed by atoms with E-state index in [9.17, 15) is 21.6 Å². The molecule has 0 bridgehead atoms. The van der Waals surface area contributed by atoms with Crippen molar-refractivity contribution in [1.29, 1.82) is 0 Å². The molecule has 50 heavy (non-hydrogen) atoms. The van der Waals surface area contributed by atoms with Crippen LogP contribution in [-0.2, 0) is 52.4 Å². The SMILES string of the molecule is Cc1ccc(S(=O)(=O)NCCC[n+]2c3c(c(-c4ccccc4)c4c2-c2ccccc2CC4)CCc2ccccc2-3)cc1.O=S(=O)([O-])C(F)(F)F. The second-order valence-electron chi connectivity index (χ2n) is 12.3. The highest BCUT2D eigenvalue weighted by atomic mass is 32.2. The van der Waals surface area contributed by atoms with Crippen molar-refractivity contribution in [1.82, 2.24) is 4.72 Å². The Hall–Kier alpha value is -4.36. The molecule has 7 rings (SSSR count). The summed E-state index contributed by atoms with van der Waals surface area (Å²) in [7, 11) is -9.66.